The van der Waals surface area contributed by atoms with Gasteiger partial charge < -0.3 is 21.1 Å². The topological polar surface area (TPSA) is 95.0 Å². The number of aliphatic hydroxyl groups is 1. The Kier molecular flexibility index (Phi) is 8.47. The Balaban J connectivity index is 1.41. The van der Waals surface area contributed by atoms with Crippen molar-refractivity contribution >= 4 is 40.0 Å². The Morgan fingerprint density at radius 2 is 1.67 bits per heavy atom. The van der Waals surface area contributed by atoms with Gasteiger partial charge in [-0.25, -0.2) is 4.98 Å². The molecule has 0 saturated carbocycles. The normalized spacial score (nSPS) is 10.9. The van der Waals surface area contributed by atoms with Crippen LogP contribution in [0, 0.1) is 6.92 Å². The second kappa shape index (κ2) is 11.5. The summed E-state index contributed by atoms with van der Waals surface area (Å²) in [6.07, 6.45) is 5.52. The van der Waals surface area contributed by atoms with Crippen molar-refractivity contribution in [3.05, 3.63) is 47.2 Å². The number of rotatable bonds is 12. The van der Waals surface area contributed by atoms with Gasteiger partial charge in [-0.3, -0.25) is 4.98 Å². The Bertz CT molecular complexity index is 952. The fourth-order valence-electron chi connectivity index (χ4n) is 3.14. The summed E-state index contributed by atoms with van der Waals surface area (Å²) in [4.78, 5) is 13.3. The van der Waals surface area contributed by atoms with Crippen molar-refractivity contribution in [3.8, 4) is 0 Å². The molecular formula is C22H29ClN6O. The number of hydrogen-bond acceptors (Lipinski definition) is 7. The molecule has 160 valence electrons. The van der Waals surface area contributed by atoms with Crippen LogP contribution in [0.25, 0.3) is 10.9 Å². The zero-order valence-electron chi connectivity index (χ0n) is 17.3. The van der Waals surface area contributed by atoms with E-state index in [1.54, 1.807) is 6.20 Å². The molecule has 8 heteroatoms. The number of pyridine rings is 1. The van der Waals surface area contributed by atoms with Gasteiger partial charge in [-0.15, -0.1) is 0 Å². The Morgan fingerprint density at radius 3 is 2.50 bits per heavy atom. The van der Waals surface area contributed by atoms with Crippen LogP contribution in [0.3, 0.4) is 0 Å². The fraction of sp³-hybridized carbons (Fsp3) is 0.409. The van der Waals surface area contributed by atoms with Gasteiger partial charge in [0.1, 0.15) is 5.82 Å². The molecule has 3 aromatic rings. The number of benzene rings is 1. The van der Waals surface area contributed by atoms with Crippen LogP contribution in [0.15, 0.2) is 36.5 Å². The maximum atomic E-state index is 8.85. The first kappa shape index (κ1) is 22.1. The maximum absolute atomic E-state index is 8.85. The van der Waals surface area contributed by atoms with E-state index in [0.717, 1.165) is 73.4 Å². The van der Waals surface area contributed by atoms with Crippen molar-refractivity contribution in [2.45, 2.75) is 32.6 Å². The fourth-order valence-corrected chi connectivity index (χ4v) is 3.31. The molecule has 2 aromatic heterocycles. The Labute approximate surface area is 182 Å². The molecule has 0 spiro atoms. The number of fused-ring (bicyclic) bond motifs is 1. The molecule has 0 aliphatic heterocycles. The number of aryl methyl sites for hydroxylation is 1. The summed E-state index contributed by atoms with van der Waals surface area (Å²) in [7, 11) is 0. The third-order valence-electron chi connectivity index (χ3n) is 4.65. The summed E-state index contributed by atoms with van der Waals surface area (Å²) in [5.41, 5.74) is 2.89. The smallest absolute Gasteiger partial charge is 0.224 e. The van der Waals surface area contributed by atoms with E-state index in [0.29, 0.717) is 11.0 Å². The van der Waals surface area contributed by atoms with Crippen LogP contribution in [0.2, 0.25) is 5.02 Å². The minimum atomic E-state index is 0.212. The number of anilines is 3. The van der Waals surface area contributed by atoms with Crippen molar-refractivity contribution in [2.75, 3.05) is 42.2 Å². The minimum absolute atomic E-state index is 0.212. The van der Waals surface area contributed by atoms with E-state index in [4.69, 9.17) is 16.7 Å². The molecule has 0 aliphatic carbocycles. The van der Waals surface area contributed by atoms with Crippen LogP contribution >= 0.6 is 11.6 Å². The first-order valence-electron chi connectivity index (χ1n) is 10.4. The molecule has 0 aliphatic rings. The summed E-state index contributed by atoms with van der Waals surface area (Å²) >= 11 is 6.05. The summed E-state index contributed by atoms with van der Waals surface area (Å²) in [6, 6.07) is 9.71. The highest BCUT2D eigenvalue weighted by Crippen LogP contribution is 2.24. The molecule has 0 bridgehead atoms. The number of nitrogens with zero attached hydrogens (tertiary/aromatic N) is 3. The number of hydrogen-bond donors (Lipinski definition) is 4. The summed E-state index contributed by atoms with van der Waals surface area (Å²) < 4.78 is 0. The maximum Gasteiger partial charge on any atom is 0.224 e. The third-order valence-corrected chi connectivity index (χ3v) is 4.89. The lowest BCUT2D eigenvalue weighted by Gasteiger charge is -2.11. The van der Waals surface area contributed by atoms with E-state index in [9.17, 15) is 0 Å². The highest BCUT2D eigenvalue weighted by molar-refractivity contribution is 6.31. The van der Waals surface area contributed by atoms with Crippen LogP contribution in [-0.2, 0) is 0 Å². The van der Waals surface area contributed by atoms with Crippen LogP contribution in [0.4, 0.5) is 17.5 Å². The van der Waals surface area contributed by atoms with Gasteiger partial charge in [0.25, 0.3) is 0 Å². The van der Waals surface area contributed by atoms with Crippen LogP contribution in [0.5, 0.6) is 0 Å². The molecular weight excluding hydrogens is 400 g/mol. The number of halogens is 1. The third kappa shape index (κ3) is 6.71. The number of unbranched alkanes of at least 4 members (excludes halogenated alkanes) is 2. The predicted octanol–water partition coefficient (Wildman–Crippen LogP) is 4.48. The van der Waals surface area contributed by atoms with Gasteiger partial charge in [-0.2, -0.15) is 4.98 Å². The minimum Gasteiger partial charge on any atom is -0.396 e. The molecule has 0 fully saturated rings. The molecule has 0 radical (unpaired) electrons. The summed E-state index contributed by atoms with van der Waals surface area (Å²) in [6.45, 7) is 4.65. The molecule has 0 atom stereocenters. The van der Waals surface area contributed by atoms with Crippen LogP contribution in [-0.4, -0.2) is 46.3 Å². The monoisotopic (exact) mass is 428 g/mol. The van der Waals surface area contributed by atoms with E-state index in [1.807, 2.05) is 37.3 Å². The molecule has 30 heavy (non-hydrogen) atoms. The van der Waals surface area contributed by atoms with Gasteiger partial charge in [0.05, 0.1) is 5.52 Å². The van der Waals surface area contributed by atoms with Crippen molar-refractivity contribution in [1.29, 1.82) is 0 Å². The van der Waals surface area contributed by atoms with Gasteiger partial charge in [0.15, 0.2) is 0 Å². The van der Waals surface area contributed by atoms with E-state index >= 15 is 0 Å². The highest BCUT2D eigenvalue weighted by atomic mass is 35.5. The lowest BCUT2D eigenvalue weighted by Crippen LogP contribution is -2.11. The SMILES string of the molecule is Cc1cc(NCCCCNc2ccnc3cc(Cl)ccc23)nc(NCCCCO)n1. The lowest BCUT2D eigenvalue weighted by atomic mass is 10.2. The van der Waals surface area contributed by atoms with Gasteiger partial charge in [-0.1, -0.05) is 11.6 Å². The molecule has 1 aromatic carbocycles. The first-order chi connectivity index (χ1) is 14.7. The number of aliphatic hydroxyl groups excluding tert-OH is 1. The van der Waals surface area contributed by atoms with Crippen LogP contribution in [0.1, 0.15) is 31.4 Å². The largest absolute Gasteiger partial charge is 0.396 e. The van der Waals surface area contributed by atoms with Gasteiger partial charge in [0.2, 0.25) is 5.95 Å². The Morgan fingerprint density at radius 1 is 0.900 bits per heavy atom. The Hall–Kier alpha value is -2.64. The second-order valence-corrected chi connectivity index (χ2v) is 7.59. The standard InChI is InChI=1S/C22H29ClN6O/c1-16-14-21(29-22(28-16)27-11-4-5-13-30)26-10-3-2-9-24-19-8-12-25-20-15-17(23)6-7-18(19)20/h6-8,12,14-15,30H,2-5,9-11,13H2,1H3,(H,24,25)(H2,26,27,28,29). The number of aromatic nitrogens is 3. The lowest BCUT2D eigenvalue weighted by molar-refractivity contribution is 0.286. The predicted molar refractivity (Wildman–Crippen MR) is 125 cm³/mol. The van der Waals surface area contributed by atoms with Crippen LogP contribution < -0.4 is 16.0 Å². The molecule has 4 N–H and O–H groups in total. The average Bonchev–Trinajstić information content (AvgIpc) is 2.73. The van der Waals surface area contributed by atoms with Gasteiger partial charge in [0, 0.05) is 60.3 Å². The van der Waals surface area contributed by atoms with Crippen molar-refractivity contribution in [3.63, 3.8) is 0 Å². The zero-order chi connectivity index (χ0) is 21.2. The summed E-state index contributed by atoms with van der Waals surface area (Å²) in [5, 5.41) is 20.7. The molecule has 7 nitrogen and oxygen atoms in total. The average molecular weight is 429 g/mol. The first-order valence-corrected chi connectivity index (χ1v) is 10.8. The van der Waals surface area contributed by atoms with Gasteiger partial charge in [-0.05, 0) is 56.9 Å². The quantitative estimate of drug-likeness (QED) is 0.316. The van der Waals surface area contributed by atoms with Crippen molar-refractivity contribution in [2.24, 2.45) is 0 Å². The van der Waals surface area contributed by atoms with E-state index in [1.165, 1.54) is 0 Å². The number of nitrogens with one attached hydrogen (secondary N) is 3. The molecule has 0 saturated heterocycles. The molecule has 0 amide bonds. The molecule has 3 rings (SSSR count). The van der Waals surface area contributed by atoms with E-state index < -0.39 is 0 Å². The van der Waals surface area contributed by atoms with Crippen molar-refractivity contribution in [1.82, 2.24) is 15.0 Å². The molecule has 2 heterocycles. The van der Waals surface area contributed by atoms with Gasteiger partial charge >= 0.3 is 0 Å². The molecule has 0 unspecified atom stereocenters. The highest BCUT2D eigenvalue weighted by Gasteiger charge is 2.03. The second-order valence-electron chi connectivity index (χ2n) is 7.16. The van der Waals surface area contributed by atoms with E-state index in [-0.39, 0.29) is 6.61 Å². The van der Waals surface area contributed by atoms with Crippen molar-refractivity contribution < 1.29 is 5.11 Å². The summed E-state index contributed by atoms with van der Waals surface area (Å²) in [5.74, 6) is 1.46. The van der Waals surface area contributed by atoms with E-state index in [2.05, 4.69) is 30.9 Å². The zero-order valence-corrected chi connectivity index (χ0v) is 18.0.